The van der Waals surface area contributed by atoms with E-state index in [-0.39, 0.29) is 115 Å². The van der Waals surface area contributed by atoms with Crippen molar-refractivity contribution in [2.45, 2.75) is 521 Å². The number of nitrogens with zero attached hydrogens (tertiary/aromatic N) is 6. The number of hydrogen-bond acceptors (Lipinski definition) is 24. The van der Waals surface area contributed by atoms with Gasteiger partial charge in [0.15, 0.2) is 16.2 Å². The van der Waals surface area contributed by atoms with Crippen molar-refractivity contribution in [3.8, 4) is 0 Å². The average molecular weight is 1960 g/mol. The molecule has 12 N–H and O–H groups in total. The molecule has 798 valence electrons. The second kappa shape index (κ2) is 51.1. The number of rotatable bonds is 57. The number of carbonyl (C=O) groups is 6. The summed E-state index contributed by atoms with van der Waals surface area (Å²) in [4.78, 5) is 92.2. The Morgan fingerprint density at radius 1 is 0.232 bits per heavy atom. The molecule has 6 fully saturated rings. The zero-order valence-corrected chi connectivity index (χ0v) is 91.2. The van der Waals surface area contributed by atoms with Gasteiger partial charge in [-0.15, -0.1) is 0 Å². The third kappa shape index (κ3) is 33.2. The Labute approximate surface area is 830 Å². The van der Waals surface area contributed by atoms with Gasteiger partial charge in [-0.25, -0.2) is 0 Å². The van der Waals surface area contributed by atoms with E-state index in [2.05, 4.69) is 184 Å². The van der Waals surface area contributed by atoms with E-state index in [9.17, 15) is 0 Å². The van der Waals surface area contributed by atoms with Crippen molar-refractivity contribution in [3.05, 3.63) is 34.9 Å². The van der Waals surface area contributed by atoms with Gasteiger partial charge in [-0.1, -0.05) is 108 Å². The van der Waals surface area contributed by atoms with E-state index in [4.69, 9.17) is 88.1 Å². The molecule has 1 aromatic rings. The minimum absolute atomic E-state index is 0.00140. The third-order valence-corrected chi connectivity index (χ3v) is 30.8. The molecule has 0 saturated carbocycles. The van der Waals surface area contributed by atoms with Crippen LogP contribution >= 0.6 is 0 Å². The number of piperidine rings is 6. The summed E-state index contributed by atoms with van der Waals surface area (Å²) in [5.74, 6) is -3.96. The van der Waals surface area contributed by atoms with Crippen LogP contribution in [0.15, 0.2) is 18.2 Å². The Kier molecular flexibility index (Phi) is 44.5. The van der Waals surface area contributed by atoms with Crippen molar-refractivity contribution in [3.63, 3.8) is 0 Å². The van der Waals surface area contributed by atoms with Gasteiger partial charge in [-0.3, -0.25) is 28.8 Å². The van der Waals surface area contributed by atoms with Crippen LogP contribution in [0, 0.1) is 16.2 Å². The van der Waals surface area contributed by atoms with Crippen LogP contribution in [0.1, 0.15) is 416 Å². The molecule has 1 aromatic carbocycles. The molecule has 6 aliphatic rings. The first-order chi connectivity index (χ1) is 64.1. The predicted molar refractivity (Wildman–Crippen MR) is 540 cm³/mol. The monoisotopic (exact) mass is 1960 g/mol. The summed E-state index contributed by atoms with van der Waals surface area (Å²) in [5, 5.41) is 63.1. The second-order valence-electron chi connectivity index (χ2n) is 49.4. The lowest BCUT2D eigenvalue weighted by molar-refractivity contribution is -0.261. The average Bonchev–Trinajstić information content (AvgIpc) is 0.783. The molecule has 7 rings (SSSR count). The molecule has 0 spiro atoms. The van der Waals surface area contributed by atoms with Gasteiger partial charge >= 0.3 is 35.8 Å². The molecule has 0 bridgehead atoms. The van der Waals surface area contributed by atoms with Crippen LogP contribution < -0.4 is 0 Å². The van der Waals surface area contributed by atoms with Crippen LogP contribution in [0.25, 0.3) is 0 Å². The van der Waals surface area contributed by atoms with Crippen molar-refractivity contribution in [2.75, 3.05) is 79.3 Å². The standard InChI is InChI=1S/C108H192N6O24/c1-28-31-46-106(88(115)133-58-37-52-127-82-67-94(4,5)109(121)95(6,7)68-82,89(116)134-59-38-53-128-83-69-96(8,9)110(122)97(10,11)70-83)49-34-43-79-64-80(44-35-50-107(47-32-29-2,90(117)135-60-39-54-129-84-71-98(12,13)111(123)99(14,15)72-84)91(118)136-61-40-55-130-85-73-100(16,17)112(124)101(18,19)74-85)66-81(65-79)45-36-51-108(48-33-30-3,92(119)137-62-41-56-131-86-75-102(20,21)113(125)103(22,23)76-86)93(120)138-63-42-57-132-87-77-104(24,25)114(126)105(26,27)78-87/h64-66,82-87,121-126H,28-63,67-78H2,1-27H3/p+6. The molecule has 138 heavy (non-hydrogen) atoms. The second-order valence-corrected chi connectivity index (χ2v) is 49.4. The van der Waals surface area contributed by atoms with Gasteiger partial charge in [0.05, 0.1) is 182 Å². The Bertz CT molecular complexity index is 3250. The van der Waals surface area contributed by atoms with Gasteiger partial charge in [0, 0.05) is 38.5 Å². The van der Waals surface area contributed by atoms with Gasteiger partial charge in [0.1, 0.15) is 0 Å². The molecular formula is C108H198N6O24+6. The van der Waals surface area contributed by atoms with Crippen molar-refractivity contribution < 1.29 is 117 Å². The zero-order chi connectivity index (χ0) is 103. The van der Waals surface area contributed by atoms with Crippen LogP contribution in [0.4, 0.5) is 0 Å². The molecule has 30 heteroatoms. The fraction of sp³-hybridized carbons (Fsp3) is 0.889. The number of ether oxygens (including phenoxy) is 12. The smallest absolute Gasteiger partial charge is 0.323 e. The summed E-state index contributed by atoms with van der Waals surface area (Å²) in [6, 6.07) is 6.35. The minimum Gasteiger partial charge on any atom is -0.465 e. The molecule has 0 radical (unpaired) electrons. The van der Waals surface area contributed by atoms with Crippen molar-refractivity contribution in [1.82, 2.24) is 30.4 Å². The minimum atomic E-state index is -1.70. The maximum Gasteiger partial charge on any atom is 0.323 e. The van der Waals surface area contributed by atoms with E-state index in [0.717, 1.165) is 16.7 Å². The number of carbonyl (C=O) groups excluding carboxylic acids is 6. The normalized spacial score (nSPS) is 22.3. The number of esters is 6. The highest BCUT2D eigenvalue weighted by atomic mass is 16.6. The predicted octanol–water partition coefficient (Wildman–Crippen LogP) is 15.9. The maximum absolute atomic E-state index is 15.4. The molecule has 0 atom stereocenters. The molecule has 0 aromatic heterocycles. The quantitative estimate of drug-likeness (QED) is 0.0192. The highest BCUT2D eigenvalue weighted by Crippen LogP contribution is 2.47. The van der Waals surface area contributed by atoms with Crippen LogP contribution in [0.3, 0.4) is 0 Å². The number of unbranched alkanes of at least 4 members (excludes halogenated alkanes) is 3. The fourth-order valence-electron chi connectivity index (χ4n) is 23.8. The molecule has 0 aliphatic carbocycles. The van der Waals surface area contributed by atoms with Gasteiger partial charge in [-0.05, 0) is 337 Å². The van der Waals surface area contributed by atoms with Gasteiger partial charge in [0.25, 0.3) is 0 Å². The number of hydrogen-bond donors (Lipinski definition) is 0. The summed E-state index contributed by atoms with van der Waals surface area (Å²) < 4.78 is 76.5. The summed E-state index contributed by atoms with van der Waals surface area (Å²) in [5.41, 5.74) is -7.55. The lowest BCUT2D eigenvalue weighted by Crippen LogP contribution is -2.60. The Hall–Kier alpha value is -4.68. The largest absolute Gasteiger partial charge is 0.465 e. The Morgan fingerprint density at radius 2 is 0.362 bits per heavy atom. The highest BCUT2D eigenvalue weighted by molar-refractivity contribution is 6.01. The Balaban J connectivity index is 1.23. The number of aryl methyl sites for hydroxylation is 3. The first-order valence-corrected chi connectivity index (χ1v) is 53.0. The Morgan fingerprint density at radius 3 is 0.493 bits per heavy atom. The summed E-state index contributed by atoms with van der Waals surface area (Å²) >= 11 is 0. The topological polar surface area (TPSA) is 370 Å². The lowest BCUT2D eigenvalue weighted by Gasteiger charge is -2.47. The number of hydroxylamine groups is 12. The molecule has 30 nitrogen and oxygen atoms in total. The van der Waals surface area contributed by atoms with E-state index in [1.54, 1.807) is 30.4 Å². The van der Waals surface area contributed by atoms with E-state index in [0.29, 0.717) is 232 Å². The molecule has 6 saturated heterocycles. The first-order valence-electron chi connectivity index (χ1n) is 53.0. The van der Waals surface area contributed by atoms with Crippen LogP contribution in [0.5, 0.6) is 0 Å². The summed E-state index contributed by atoms with van der Waals surface area (Å²) in [6.45, 7) is 57.1. The first kappa shape index (κ1) is 120. The molecular weight excluding hydrogens is 1770 g/mol. The van der Waals surface area contributed by atoms with E-state index >= 15 is 28.8 Å². The van der Waals surface area contributed by atoms with Crippen molar-refractivity contribution >= 4 is 35.8 Å². The number of benzene rings is 1. The summed E-state index contributed by atoms with van der Waals surface area (Å²) in [7, 11) is 0. The van der Waals surface area contributed by atoms with Crippen molar-refractivity contribution in [1.29, 1.82) is 0 Å². The van der Waals surface area contributed by atoms with Gasteiger partial charge in [-0.2, -0.15) is 0 Å². The third-order valence-electron chi connectivity index (χ3n) is 30.8. The fourth-order valence-corrected chi connectivity index (χ4v) is 23.8. The van der Waals surface area contributed by atoms with E-state index in [1.807, 2.05) is 20.8 Å². The van der Waals surface area contributed by atoms with Crippen molar-refractivity contribution in [2.24, 2.45) is 16.2 Å². The summed E-state index contributed by atoms with van der Waals surface area (Å²) in [6.07, 6.45) is 16.0. The lowest BCUT2D eigenvalue weighted by atomic mass is 9.77. The van der Waals surface area contributed by atoms with Crippen LogP contribution in [-0.2, 0) is 105 Å². The van der Waals surface area contributed by atoms with Gasteiger partial charge in [0.2, 0.25) is 0 Å². The molecule has 0 unspecified atom stereocenters. The maximum atomic E-state index is 15.4. The molecule has 6 heterocycles. The molecule has 0 amide bonds. The van der Waals surface area contributed by atoms with E-state index < -0.39 is 119 Å². The highest BCUT2D eigenvalue weighted by Gasteiger charge is 2.57. The van der Waals surface area contributed by atoms with Crippen LogP contribution in [0.2, 0.25) is 0 Å². The SMILES string of the molecule is CCCCC(CCCc1cc(CCCC(CCCC)(C(=O)OCCCOC2CC(C)(C)N([OH2+])C(C)(C)C2)C(=O)OCCCOC2CC(C)(C)N([OH2+])C(C)(C)C2)cc(CCCC(CCCC)(C(=O)OCCCOC2CC(C)(C)N([OH2+])C(C)(C)C2)C(=O)OCCCOC2CC(C)(C)N([OH2+])C(C)(C)C2)c1)(C(=O)OCCCOC1CC(C)(C)N([OH2+])C(C)(C)C1)C(=O)OCCCOC1CC(C)(C)N([OH2+])C(C)(C)C1. The van der Waals surface area contributed by atoms with E-state index in [1.165, 1.54) is 0 Å². The molecule has 6 aliphatic heterocycles. The van der Waals surface area contributed by atoms with Crippen LogP contribution in [-0.4, -0.2) is 280 Å². The zero-order valence-electron chi connectivity index (χ0n) is 91.2. The van der Waals surface area contributed by atoms with Gasteiger partial charge < -0.3 is 88.1 Å².